The van der Waals surface area contributed by atoms with Crippen LogP contribution in [-0.4, -0.2) is 22.9 Å². The van der Waals surface area contributed by atoms with Crippen LogP contribution < -0.4 is 14.8 Å². The molecule has 1 amide bonds. The van der Waals surface area contributed by atoms with Crippen LogP contribution in [0.25, 0.3) is 0 Å². The van der Waals surface area contributed by atoms with E-state index in [9.17, 15) is 20.2 Å². The molecule has 0 atom stereocenters. The highest BCUT2D eigenvalue weighted by Crippen LogP contribution is 2.34. The number of carbonyl (C=O) groups is 1. The molecule has 0 unspecified atom stereocenters. The molecule has 3 rings (SSSR count). The zero-order chi connectivity index (χ0) is 23.3. The van der Waals surface area contributed by atoms with Gasteiger partial charge in [0.1, 0.15) is 6.20 Å². The Hall–Kier alpha value is -4.45. The molecule has 0 fully saturated rings. The Morgan fingerprint density at radius 3 is 2.56 bits per heavy atom. The van der Waals surface area contributed by atoms with Gasteiger partial charge in [0.25, 0.3) is 11.6 Å². The Bertz CT molecular complexity index is 1200. The molecule has 0 aliphatic heterocycles. The molecule has 3 aromatic rings. The second-order valence-electron chi connectivity index (χ2n) is 7.35. The fourth-order valence-electron chi connectivity index (χ4n) is 2.80. The minimum Gasteiger partial charge on any atom is -0.493 e. The summed E-state index contributed by atoms with van der Waals surface area (Å²) in [6, 6.07) is 16.6. The first-order chi connectivity index (χ1) is 15.2. The molecule has 32 heavy (non-hydrogen) atoms. The van der Waals surface area contributed by atoms with Crippen molar-refractivity contribution < 1.29 is 19.2 Å². The number of nitrogens with zero attached hydrogens (tertiary/aromatic N) is 3. The molecule has 2 aromatic carbocycles. The first-order valence-corrected chi connectivity index (χ1v) is 9.53. The Morgan fingerprint density at radius 1 is 1.16 bits per heavy atom. The molecule has 9 nitrogen and oxygen atoms in total. The molecule has 0 aliphatic rings. The molecule has 162 valence electrons. The van der Waals surface area contributed by atoms with Crippen molar-refractivity contribution in [3.05, 3.63) is 82.0 Å². The maximum atomic E-state index is 12.8. The lowest BCUT2D eigenvalue weighted by Crippen LogP contribution is -2.17. The Morgan fingerprint density at radius 2 is 1.94 bits per heavy atom. The summed E-state index contributed by atoms with van der Waals surface area (Å²) in [5.41, 5.74) is 0.691. The lowest BCUT2D eigenvalue weighted by molar-refractivity contribution is -0.385. The van der Waals surface area contributed by atoms with Crippen LogP contribution in [0.1, 0.15) is 29.8 Å². The van der Waals surface area contributed by atoms with Gasteiger partial charge >= 0.3 is 0 Å². The van der Waals surface area contributed by atoms with Gasteiger partial charge in [0, 0.05) is 29.4 Å². The third-order valence-electron chi connectivity index (χ3n) is 4.69. The first kappa shape index (κ1) is 22.2. The third-order valence-corrected chi connectivity index (χ3v) is 4.69. The monoisotopic (exact) mass is 432 g/mol. The van der Waals surface area contributed by atoms with Crippen molar-refractivity contribution in [2.24, 2.45) is 0 Å². The summed E-state index contributed by atoms with van der Waals surface area (Å²) in [5.74, 6) is 0.431. The number of amides is 1. The maximum absolute atomic E-state index is 12.8. The van der Waals surface area contributed by atoms with Gasteiger partial charge in [0.2, 0.25) is 5.88 Å². The highest BCUT2D eigenvalue weighted by molar-refractivity contribution is 6.04. The molecule has 0 radical (unpaired) electrons. The molecule has 1 aromatic heterocycles. The van der Waals surface area contributed by atoms with E-state index >= 15 is 0 Å². The van der Waals surface area contributed by atoms with Crippen LogP contribution in [0.15, 0.2) is 60.8 Å². The number of anilines is 1. The maximum Gasteiger partial charge on any atom is 0.287 e. The van der Waals surface area contributed by atoms with E-state index in [4.69, 9.17) is 9.47 Å². The summed E-state index contributed by atoms with van der Waals surface area (Å²) in [5, 5.41) is 22.9. The van der Waals surface area contributed by atoms with E-state index in [0.717, 1.165) is 11.8 Å². The number of carbonyl (C=O) groups excluding carboxylic acids is 1. The third kappa shape index (κ3) is 4.99. The highest BCUT2D eigenvalue weighted by atomic mass is 16.6. The minimum absolute atomic E-state index is 0.129. The van der Waals surface area contributed by atoms with Gasteiger partial charge in [-0.15, -0.1) is 0 Å². The number of benzene rings is 2. The number of methoxy groups -OCH3 is 1. The molecule has 9 heteroatoms. The molecule has 1 N–H and O–H groups in total. The Kier molecular flexibility index (Phi) is 6.35. The molecule has 0 spiro atoms. The smallest absolute Gasteiger partial charge is 0.287 e. The van der Waals surface area contributed by atoms with E-state index in [2.05, 4.69) is 16.4 Å². The van der Waals surface area contributed by atoms with Crippen LogP contribution in [-0.2, 0) is 5.41 Å². The Balaban J connectivity index is 1.82. The number of rotatable bonds is 7. The number of hydrogen-bond acceptors (Lipinski definition) is 7. The Labute approximate surface area is 184 Å². The average Bonchev–Trinajstić information content (AvgIpc) is 2.79. The van der Waals surface area contributed by atoms with Gasteiger partial charge in [-0.3, -0.25) is 14.9 Å². The van der Waals surface area contributed by atoms with Crippen LogP contribution in [0.2, 0.25) is 0 Å². The van der Waals surface area contributed by atoms with Gasteiger partial charge < -0.3 is 14.8 Å². The van der Waals surface area contributed by atoms with E-state index in [1.807, 2.05) is 0 Å². The lowest BCUT2D eigenvalue weighted by Gasteiger charge is -2.17. The van der Waals surface area contributed by atoms with Crippen molar-refractivity contribution in [3.8, 4) is 23.4 Å². The van der Waals surface area contributed by atoms with Gasteiger partial charge in [-0.05, 0) is 43.7 Å². The van der Waals surface area contributed by atoms with E-state index in [-0.39, 0.29) is 23.2 Å². The van der Waals surface area contributed by atoms with Crippen LogP contribution in [0.3, 0.4) is 0 Å². The number of nitro groups is 1. The fraction of sp³-hybridized carbons (Fsp3) is 0.174. The van der Waals surface area contributed by atoms with Crippen molar-refractivity contribution in [1.82, 2.24) is 4.98 Å². The standard InChI is InChI=1S/C23H20N4O5/c1-23(2,14-24)16-6-4-5-15(11-16)22(28)26-17-7-9-19(31-3)20(12-17)32-21-10-8-18(13-25-21)27(29)30/h4-13H,1-3H3,(H,26,28). The van der Waals surface area contributed by atoms with Gasteiger partial charge in [-0.2, -0.15) is 5.26 Å². The summed E-state index contributed by atoms with van der Waals surface area (Å²) in [7, 11) is 1.46. The number of pyridine rings is 1. The second-order valence-corrected chi connectivity index (χ2v) is 7.35. The van der Waals surface area contributed by atoms with Gasteiger partial charge in [-0.25, -0.2) is 4.98 Å². The normalized spacial score (nSPS) is 10.7. The zero-order valence-electron chi connectivity index (χ0n) is 17.7. The molecule has 0 bridgehead atoms. The number of nitriles is 1. The quantitative estimate of drug-likeness (QED) is 0.418. The summed E-state index contributed by atoms with van der Waals surface area (Å²) in [4.78, 5) is 26.9. The summed E-state index contributed by atoms with van der Waals surface area (Å²) >= 11 is 0. The van der Waals surface area contributed by atoms with Gasteiger partial charge in [0.05, 0.1) is 23.5 Å². The number of aromatic nitrogens is 1. The topological polar surface area (TPSA) is 127 Å². The van der Waals surface area contributed by atoms with Crippen molar-refractivity contribution in [1.29, 1.82) is 5.26 Å². The summed E-state index contributed by atoms with van der Waals surface area (Å²) in [6.45, 7) is 3.56. The summed E-state index contributed by atoms with van der Waals surface area (Å²) in [6.07, 6.45) is 1.09. The lowest BCUT2D eigenvalue weighted by atomic mass is 9.85. The van der Waals surface area contributed by atoms with Crippen molar-refractivity contribution in [3.63, 3.8) is 0 Å². The van der Waals surface area contributed by atoms with Crippen molar-refractivity contribution in [2.75, 3.05) is 12.4 Å². The number of hydrogen-bond donors (Lipinski definition) is 1. The number of ether oxygens (including phenoxy) is 2. The van der Waals surface area contributed by atoms with E-state index in [0.29, 0.717) is 17.0 Å². The van der Waals surface area contributed by atoms with E-state index < -0.39 is 10.3 Å². The predicted octanol–water partition coefficient (Wildman–Crippen LogP) is 4.84. The van der Waals surface area contributed by atoms with Crippen molar-refractivity contribution in [2.45, 2.75) is 19.3 Å². The molecular weight excluding hydrogens is 412 g/mol. The van der Waals surface area contributed by atoms with Crippen LogP contribution in [0.4, 0.5) is 11.4 Å². The highest BCUT2D eigenvalue weighted by Gasteiger charge is 2.21. The SMILES string of the molecule is COc1ccc(NC(=O)c2cccc(C(C)(C)C#N)c2)cc1Oc1ccc([N+](=O)[O-])cn1. The van der Waals surface area contributed by atoms with Crippen LogP contribution in [0, 0.1) is 21.4 Å². The number of nitrogens with one attached hydrogen (secondary N) is 1. The largest absolute Gasteiger partial charge is 0.493 e. The fourth-order valence-corrected chi connectivity index (χ4v) is 2.80. The van der Waals surface area contributed by atoms with Crippen LogP contribution in [0.5, 0.6) is 17.4 Å². The van der Waals surface area contributed by atoms with Gasteiger partial charge in [-0.1, -0.05) is 12.1 Å². The molecule has 0 aliphatic carbocycles. The minimum atomic E-state index is -0.727. The summed E-state index contributed by atoms with van der Waals surface area (Å²) < 4.78 is 11.0. The van der Waals surface area contributed by atoms with Crippen molar-refractivity contribution >= 4 is 17.3 Å². The molecule has 1 heterocycles. The van der Waals surface area contributed by atoms with Gasteiger partial charge in [0.15, 0.2) is 11.5 Å². The van der Waals surface area contributed by atoms with E-state index in [1.165, 1.54) is 19.2 Å². The zero-order valence-corrected chi connectivity index (χ0v) is 17.7. The van der Waals surface area contributed by atoms with E-state index in [1.54, 1.807) is 56.3 Å². The predicted molar refractivity (Wildman–Crippen MR) is 117 cm³/mol. The molecular formula is C23H20N4O5. The average molecular weight is 432 g/mol. The molecule has 0 saturated carbocycles. The first-order valence-electron chi connectivity index (χ1n) is 9.53. The van der Waals surface area contributed by atoms with Crippen LogP contribution >= 0.6 is 0 Å². The molecule has 0 saturated heterocycles. The second kappa shape index (κ2) is 9.14.